The zero-order chi connectivity index (χ0) is 14.2. The molecule has 0 aromatic heterocycles. The van der Waals surface area contributed by atoms with Crippen molar-refractivity contribution in [3.63, 3.8) is 0 Å². The van der Waals surface area contributed by atoms with Crippen LogP contribution in [0.15, 0.2) is 48.5 Å². The van der Waals surface area contributed by atoms with Crippen molar-refractivity contribution in [2.24, 2.45) is 0 Å². The molecule has 104 valence electrons. The van der Waals surface area contributed by atoms with Crippen molar-refractivity contribution in [2.45, 2.75) is 0 Å². The molecule has 0 bridgehead atoms. The molecular weight excluding hydrogens is 252 g/mol. The van der Waals surface area contributed by atoms with Crippen LogP contribution in [0.25, 0.3) is 12.2 Å². The van der Waals surface area contributed by atoms with E-state index in [4.69, 9.17) is 14.2 Å². The van der Waals surface area contributed by atoms with E-state index in [0.717, 1.165) is 11.1 Å². The predicted molar refractivity (Wildman–Crippen MR) is 80.9 cm³/mol. The fourth-order valence-corrected chi connectivity index (χ4v) is 1.79. The van der Waals surface area contributed by atoms with Crippen molar-refractivity contribution < 1.29 is 14.2 Å². The Morgan fingerprint density at radius 1 is 0.850 bits per heavy atom. The van der Waals surface area contributed by atoms with Gasteiger partial charge in [-0.05, 0) is 23.3 Å². The lowest BCUT2D eigenvalue weighted by Gasteiger charge is -2.10. The second kappa shape index (κ2) is 7.36. The summed E-state index contributed by atoms with van der Waals surface area (Å²) in [7, 11) is 3.21. The lowest BCUT2D eigenvalue weighted by molar-refractivity contribution is 0.0491. The maximum Gasteiger partial charge on any atom is 0.188 e. The summed E-state index contributed by atoms with van der Waals surface area (Å²) in [6.45, 7) is 0.197. The molecule has 0 spiro atoms. The minimum Gasteiger partial charge on any atom is -0.493 e. The molecule has 0 aliphatic carbocycles. The molecule has 0 N–H and O–H groups in total. The Morgan fingerprint density at radius 2 is 1.60 bits per heavy atom. The first-order chi connectivity index (χ1) is 9.83. The molecule has 0 fully saturated rings. The van der Waals surface area contributed by atoms with Crippen molar-refractivity contribution >= 4 is 12.2 Å². The van der Waals surface area contributed by atoms with Gasteiger partial charge in [0.05, 0.1) is 7.11 Å². The van der Waals surface area contributed by atoms with Gasteiger partial charge >= 0.3 is 0 Å². The topological polar surface area (TPSA) is 27.7 Å². The largest absolute Gasteiger partial charge is 0.493 e. The lowest BCUT2D eigenvalue weighted by atomic mass is 10.1. The van der Waals surface area contributed by atoms with E-state index in [1.807, 2.05) is 42.5 Å². The highest BCUT2D eigenvalue weighted by Gasteiger charge is 2.04. The fraction of sp³-hybridized carbons (Fsp3) is 0.176. The van der Waals surface area contributed by atoms with E-state index >= 15 is 0 Å². The van der Waals surface area contributed by atoms with Gasteiger partial charge in [-0.15, -0.1) is 0 Å². The van der Waals surface area contributed by atoms with Gasteiger partial charge < -0.3 is 14.2 Å². The maximum atomic E-state index is 5.49. The highest BCUT2D eigenvalue weighted by Crippen LogP contribution is 2.28. The second-order valence-electron chi connectivity index (χ2n) is 4.21. The molecule has 0 aliphatic rings. The lowest BCUT2D eigenvalue weighted by Crippen LogP contribution is -2.00. The highest BCUT2D eigenvalue weighted by atomic mass is 16.7. The van der Waals surface area contributed by atoms with Gasteiger partial charge in [0.25, 0.3) is 0 Å². The van der Waals surface area contributed by atoms with Gasteiger partial charge in [0.15, 0.2) is 18.3 Å². The van der Waals surface area contributed by atoms with Crippen LogP contribution < -0.4 is 9.47 Å². The SMILES string of the molecule is COCOc1cc(/C=C/c2ccccc2)ccc1OC. The van der Waals surface area contributed by atoms with Gasteiger partial charge in [0, 0.05) is 7.11 Å². The molecule has 0 saturated carbocycles. The molecule has 0 amide bonds. The second-order valence-corrected chi connectivity index (χ2v) is 4.21. The molecule has 0 radical (unpaired) electrons. The van der Waals surface area contributed by atoms with E-state index < -0.39 is 0 Å². The van der Waals surface area contributed by atoms with Crippen molar-refractivity contribution in [2.75, 3.05) is 21.0 Å². The Balaban J connectivity index is 2.18. The van der Waals surface area contributed by atoms with E-state index in [0.29, 0.717) is 11.5 Å². The van der Waals surface area contributed by atoms with Crippen LogP contribution in [0.3, 0.4) is 0 Å². The zero-order valence-corrected chi connectivity index (χ0v) is 11.7. The molecule has 3 heteroatoms. The van der Waals surface area contributed by atoms with Crippen molar-refractivity contribution in [1.29, 1.82) is 0 Å². The van der Waals surface area contributed by atoms with E-state index in [2.05, 4.69) is 18.2 Å². The van der Waals surface area contributed by atoms with Gasteiger partial charge in [-0.1, -0.05) is 48.6 Å². The van der Waals surface area contributed by atoms with Gasteiger partial charge in [0.2, 0.25) is 0 Å². The molecule has 0 heterocycles. The first-order valence-corrected chi connectivity index (χ1v) is 6.36. The average molecular weight is 270 g/mol. The maximum absolute atomic E-state index is 5.49. The molecule has 2 aromatic rings. The van der Waals surface area contributed by atoms with Crippen LogP contribution >= 0.6 is 0 Å². The fourth-order valence-electron chi connectivity index (χ4n) is 1.79. The van der Waals surface area contributed by atoms with Crippen LogP contribution in [0.4, 0.5) is 0 Å². The molecule has 0 unspecified atom stereocenters. The Labute approximate surface area is 119 Å². The molecular formula is C17H18O3. The number of ether oxygens (including phenoxy) is 3. The van der Waals surface area contributed by atoms with Gasteiger partial charge in [0.1, 0.15) is 0 Å². The number of rotatable bonds is 6. The third-order valence-corrected chi connectivity index (χ3v) is 2.79. The molecule has 20 heavy (non-hydrogen) atoms. The molecule has 0 saturated heterocycles. The number of benzene rings is 2. The summed E-state index contributed by atoms with van der Waals surface area (Å²) in [5, 5.41) is 0. The van der Waals surface area contributed by atoms with Crippen molar-refractivity contribution in [1.82, 2.24) is 0 Å². The van der Waals surface area contributed by atoms with Crippen molar-refractivity contribution in [3.05, 3.63) is 59.7 Å². The van der Waals surface area contributed by atoms with E-state index in [1.54, 1.807) is 14.2 Å². The van der Waals surface area contributed by atoms with Gasteiger partial charge in [-0.3, -0.25) is 0 Å². The quantitative estimate of drug-likeness (QED) is 0.589. The Hall–Kier alpha value is -2.26. The summed E-state index contributed by atoms with van der Waals surface area (Å²) in [6, 6.07) is 15.9. The molecule has 3 nitrogen and oxygen atoms in total. The Morgan fingerprint density at radius 3 is 2.30 bits per heavy atom. The monoisotopic (exact) mass is 270 g/mol. The summed E-state index contributed by atoms with van der Waals surface area (Å²) >= 11 is 0. The van der Waals surface area contributed by atoms with E-state index in [1.165, 1.54) is 0 Å². The minimum absolute atomic E-state index is 0.197. The summed E-state index contributed by atoms with van der Waals surface area (Å²) in [4.78, 5) is 0. The number of hydrogen-bond acceptors (Lipinski definition) is 3. The predicted octanol–water partition coefficient (Wildman–Crippen LogP) is 3.85. The van der Waals surface area contributed by atoms with E-state index in [-0.39, 0.29) is 6.79 Å². The number of hydrogen-bond donors (Lipinski definition) is 0. The molecule has 0 atom stereocenters. The van der Waals surface area contributed by atoms with Crippen molar-refractivity contribution in [3.8, 4) is 11.5 Å². The highest BCUT2D eigenvalue weighted by molar-refractivity contribution is 5.70. The normalized spacial score (nSPS) is 10.7. The zero-order valence-electron chi connectivity index (χ0n) is 11.7. The van der Waals surface area contributed by atoms with Crippen LogP contribution in [0.5, 0.6) is 11.5 Å². The van der Waals surface area contributed by atoms with E-state index in [9.17, 15) is 0 Å². The molecule has 2 rings (SSSR count). The summed E-state index contributed by atoms with van der Waals surface area (Å²) in [5.74, 6) is 1.36. The third kappa shape index (κ3) is 3.87. The van der Waals surface area contributed by atoms with Crippen LogP contribution in [0.1, 0.15) is 11.1 Å². The summed E-state index contributed by atoms with van der Waals surface area (Å²) < 4.78 is 15.7. The van der Waals surface area contributed by atoms with Gasteiger partial charge in [-0.25, -0.2) is 0 Å². The van der Waals surface area contributed by atoms with Crippen LogP contribution in [-0.4, -0.2) is 21.0 Å². The summed E-state index contributed by atoms with van der Waals surface area (Å²) in [5.41, 5.74) is 2.20. The third-order valence-electron chi connectivity index (χ3n) is 2.79. The Kier molecular flexibility index (Phi) is 5.21. The first kappa shape index (κ1) is 14.2. The Bertz CT molecular complexity index is 562. The van der Waals surface area contributed by atoms with Crippen LogP contribution in [-0.2, 0) is 4.74 Å². The first-order valence-electron chi connectivity index (χ1n) is 6.36. The standard InChI is InChI=1S/C17H18O3/c1-18-13-20-17-12-15(10-11-16(17)19-2)9-8-14-6-4-3-5-7-14/h3-12H,13H2,1-2H3/b9-8+. The van der Waals surface area contributed by atoms with Crippen LogP contribution in [0, 0.1) is 0 Å². The average Bonchev–Trinajstić information content (AvgIpc) is 2.52. The smallest absolute Gasteiger partial charge is 0.188 e. The molecule has 0 aliphatic heterocycles. The number of methoxy groups -OCH3 is 2. The minimum atomic E-state index is 0.197. The summed E-state index contributed by atoms with van der Waals surface area (Å²) in [6.07, 6.45) is 4.09. The van der Waals surface area contributed by atoms with Gasteiger partial charge in [-0.2, -0.15) is 0 Å². The molecule has 2 aromatic carbocycles. The van der Waals surface area contributed by atoms with Crippen LogP contribution in [0.2, 0.25) is 0 Å².